The van der Waals surface area contributed by atoms with Gasteiger partial charge in [0.15, 0.2) is 11.5 Å². The van der Waals surface area contributed by atoms with E-state index in [2.05, 4.69) is 30.7 Å². The molecule has 1 amide bonds. The first kappa shape index (κ1) is 28.0. The highest BCUT2D eigenvalue weighted by Crippen LogP contribution is 2.38. The summed E-state index contributed by atoms with van der Waals surface area (Å²) >= 11 is 0. The van der Waals surface area contributed by atoms with Crippen molar-refractivity contribution in [3.63, 3.8) is 0 Å². The fourth-order valence-electron chi connectivity index (χ4n) is 5.01. The second-order valence-corrected chi connectivity index (χ2v) is 10.2. The molecule has 5 aromatic rings. The third kappa shape index (κ3) is 5.79. The van der Waals surface area contributed by atoms with Gasteiger partial charge in [-0.3, -0.25) is 9.69 Å². The number of carbonyl (C=O) groups excluding carboxylic acids is 1. The van der Waals surface area contributed by atoms with Gasteiger partial charge in [0.1, 0.15) is 41.5 Å². The molecule has 0 radical (unpaired) electrons. The Morgan fingerprint density at radius 3 is 2.74 bits per heavy atom. The summed E-state index contributed by atoms with van der Waals surface area (Å²) in [7, 11) is 3.39. The lowest BCUT2D eigenvalue weighted by atomic mass is 10.1. The first-order valence-electron chi connectivity index (χ1n) is 13.5. The van der Waals surface area contributed by atoms with Gasteiger partial charge in [-0.05, 0) is 63.2 Å². The minimum atomic E-state index is -1.03. The summed E-state index contributed by atoms with van der Waals surface area (Å²) in [6, 6.07) is 9.46. The van der Waals surface area contributed by atoms with E-state index in [4.69, 9.17) is 9.47 Å². The number of methoxy groups -OCH3 is 1. The smallest absolute Gasteiger partial charge is 0.284 e. The van der Waals surface area contributed by atoms with E-state index in [1.165, 1.54) is 31.9 Å². The molecule has 220 valence electrons. The Bertz CT molecular complexity index is 1880. The largest absolute Gasteiger partial charge is 0.494 e. The number of rotatable bonds is 8. The van der Waals surface area contributed by atoms with E-state index in [1.54, 1.807) is 28.9 Å². The lowest BCUT2D eigenvalue weighted by molar-refractivity contribution is -0.114. The average molecular weight is 587 g/mol. The maximum Gasteiger partial charge on any atom is 0.284 e. The summed E-state index contributed by atoms with van der Waals surface area (Å²) in [4.78, 5) is 27.2. The number of aromatic nitrogens is 5. The van der Waals surface area contributed by atoms with E-state index >= 15 is 0 Å². The molecule has 13 heteroatoms. The van der Waals surface area contributed by atoms with Gasteiger partial charge in [-0.15, -0.1) is 0 Å². The fourth-order valence-corrected chi connectivity index (χ4v) is 5.01. The number of halogens is 2. The standard InChI is InChI=1S/C30H28F2N8O3/c1-17-9-25(27(42-3)14-26(17)43-19-6-8-40-28(11-19)34-16-36-40)37-29-20-12-24(21(31)13-23(20)33-15-35-29)38-30(41)22(32)10-18-5-4-7-39(18)2/h6,8-16,18H,4-5,7H2,1-3H3,(H,38,41)(H,33,35,37)/b22-10-. The maximum absolute atomic E-state index is 14.9. The molecule has 4 heterocycles. The molecule has 3 aromatic heterocycles. The quantitative estimate of drug-likeness (QED) is 0.226. The lowest BCUT2D eigenvalue weighted by Gasteiger charge is -2.17. The van der Waals surface area contributed by atoms with Gasteiger partial charge < -0.3 is 20.1 Å². The van der Waals surface area contributed by atoms with E-state index in [0.29, 0.717) is 39.8 Å². The van der Waals surface area contributed by atoms with Crippen LogP contribution in [-0.2, 0) is 4.79 Å². The summed E-state index contributed by atoms with van der Waals surface area (Å²) in [5.41, 5.74) is 2.08. The minimum Gasteiger partial charge on any atom is -0.494 e. The van der Waals surface area contributed by atoms with Gasteiger partial charge in [-0.25, -0.2) is 28.2 Å². The predicted molar refractivity (Wildman–Crippen MR) is 157 cm³/mol. The van der Waals surface area contributed by atoms with Crippen LogP contribution in [0.3, 0.4) is 0 Å². The van der Waals surface area contributed by atoms with Crippen LogP contribution in [0, 0.1) is 12.7 Å². The number of nitrogens with one attached hydrogen (secondary N) is 2. The van der Waals surface area contributed by atoms with Gasteiger partial charge in [-0.1, -0.05) is 0 Å². The van der Waals surface area contributed by atoms with Gasteiger partial charge in [0.25, 0.3) is 5.91 Å². The third-order valence-electron chi connectivity index (χ3n) is 7.33. The highest BCUT2D eigenvalue weighted by atomic mass is 19.1. The number of aryl methyl sites for hydroxylation is 1. The van der Waals surface area contributed by atoms with Crippen LogP contribution in [0.25, 0.3) is 16.6 Å². The lowest BCUT2D eigenvalue weighted by Crippen LogP contribution is -2.24. The number of hydrogen-bond acceptors (Lipinski definition) is 9. The molecule has 2 N–H and O–H groups in total. The zero-order valence-corrected chi connectivity index (χ0v) is 23.6. The minimum absolute atomic E-state index is 0.177. The van der Waals surface area contributed by atoms with Crippen LogP contribution in [0.5, 0.6) is 17.2 Å². The average Bonchev–Trinajstić information content (AvgIpc) is 3.63. The van der Waals surface area contributed by atoms with Crippen LogP contribution in [0.2, 0.25) is 0 Å². The van der Waals surface area contributed by atoms with Crippen molar-refractivity contribution in [1.82, 2.24) is 29.5 Å². The third-order valence-corrected chi connectivity index (χ3v) is 7.33. The number of hydrogen-bond donors (Lipinski definition) is 2. The molecule has 1 aliphatic rings. The Balaban J connectivity index is 1.27. The maximum atomic E-state index is 14.9. The van der Waals surface area contributed by atoms with Crippen LogP contribution in [-0.4, -0.2) is 62.1 Å². The summed E-state index contributed by atoms with van der Waals surface area (Å²) in [5, 5.41) is 10.0. The van der Waals surface area contributed by atoms with Crippen LogP contribution in [0.15, 0.2) is 67.2 Å². The fraction of sp³-hybridized carbons (Fsp3) is 0.233. The van der Waals surface area contributed by atoms with E-state index < -0.39 is 17.6 Å². The van der Waals surface area contributed by atoms with Crippen LogP contribution < -0.4 is 20.1 Å². The van der Waals surface area contributed by atoms with Crippen molar-refractivity contribution >= 4 is 39.6 Å². The van der Waals surface area contributed by atoms with Crippen molar-refractivity contribution in [1.29, 1.82) is 0 Å². The monoisotopic (exact) mass is 586 g/mol. The highest BCUT2D eigenvalue weighted by molar-refractivity contribution is 6.04. The van der Waals surface area contributed by atoms with Gasteiger partial charge in [0.05, 0.1) is 24.0 Å². The number of pyridine rings is 1. The number of likely N-dealkylation sites (tertiary alicyclic amines) is 1. The first-order chi connectivity index (χ1) is 20.8. The Hall–Kier alpha value is -5.17. The SMILES string of the molecule is COc1cc(Oc2ccn3ncnc3c2)c(C)cc1Nc1ncnc2cc(F)c(NC(=O)/C(F)=C/C3CCCN3C)cc12. The van der Waals surface area contributed by atoms with Crippen molar-refractivity contribution in [3.05, 3.63) is 78.5 Å². The molecule has 0 aliphatic carbocycles. The van der Waals surface area contributed by atoms with E-state index in [1.807, 2.05) is 24.9 Å². The molecule has 0 spiro atoms. The number of carbonyl (C=O) groups is 1. The molecule has 1 aliphatic heterocycles. The number of benzene rings is 2. The molecule has 2 aromatic carbocycles. The molecule has 43 heavy (non-hydrogen) atoms. The Labute approximate surface area is 245 Å². The topological polar surface area (TPSA) is 119 Å². The first-order valence-corrected chi connectivity index (χ1v) is 13.5. The molecule has 0 saturated carbocycles. The van der Waals surface area contributed by atoms with Crippen molar-refractivity contribution in [2.24, 2.45) is 0 Å². The van der Waals surface area contributed by atoms with Crippen molar-refractivity contribution < 1.29 is 23.0 Å². The molecule has 1 fully saturated rings. The van der Waals surface area contributed by atoms with Crippen LogP contribution in [0.4, 0.5) is 26.0 Å². The second-order valence-electron chi connectivity index (χ2n) is 10.2. The normalized spacial score (nSPS) is 15.7. The van der Waals surface area contributed by atoms with Crippen LogP contribution in [0.1, 0.15) is 18.4 Å². The van der Waals surface area contributed by atoms with Crippen LogP contribution >= 0.6 is 0 Å². The second kappa shape index (κ2) is 11.6. The zero-order chi connectivity index (χ0) is 30.1. The van der Waals surface area contributed by atoms with Gasteiger partial charge in [-0.2, -0.15) is 5.10 Å². The van der Waals surface area contributed by atoms with Gasteiger partial charge >= 0.3 is 0 Å². The van der Waals surface area contributed by atoms with Crippen molar-refractivity contribution in [3.8, 4) is 17.2 Å². The Morgan fingerprint density at radius 1 is 1.09 bits per heavy atom. The summed E-state index contributed by atoms with van der Waals surface area (Å²) in [6.45, 7) is 2.70. The molecule has 1 unspecified atom stereocenters. The number of likely N-dealkylation sites (N-methyl/N-ethyl adjacent to an activating group) is 1. The summed E-state index contributed by atoms with van der Waals surface area (Å²) in [6.07, 6.45) is 7.44. The van der Waals surface area contributed by atoms with E-state index in [0.717, 1.165) is 31.0 Å². The molecular formula is C30H28F2N8O3. The highest BCUT2D eigenvalue weighted by Gasteiger charge is 2.22. The summed E-state index contributed by atoms with van der Waals surface area (Å²) < 4.78 is 43.0. The van der Waals surface area contributed by atoms with E-state index in [9.17, 15) is 13.6 Å². The number of nitrogens with zero attached hydrogens (tertiary/aromatic N) is 6. The van der Waals surface area contributed by atoms with Gasteiger partial charge in [0, 0.05) is 35.8 Å². The molecular weight excluding hydrogens is 558 g/mol. The predicted octanol–water partition coefficient (Wildman–Crippen LogP) is 5.55. The number of amides is 1. The van der Waals surface area contributed by atoms with E-state index in [-0.39, 0.29) is 17.2 Å². The van der Waals surface area contributed by atoms with Crippen molar-refractivity contribution in [2.75, 3.05) is 31.3 Å². The van der Waals surface area contributed by atoms with Crippen molar-refractivity contribution in [2.45, 2.75) is 25.8 Å². The zero-order valence-electron chi connectivity index (χ0n) is 23.6. The molecule has 0 bridgehead atoms. The molecule has 1 saturated heterocycles. The Kier molecular flexibility index (Phi) is 7.55. The van der Waals surface area contributed by atoms with Gasteiger partial charge in [0.2, 0.25) is 0 Å². The number of fused-ring (bicyclic) bond motifs is 2. The number of ether oxygens (including phenoxy) is 2. The number of anilines is 3. The summed E-state index contributed by atoms with van der Waals surface area (Å²) in [5.74, 6) is -0.833. The Morgan fingerprint density at radius 2 is 1.95 bits per heavy atom. The molecule has 6 rings (SSSR count). The molecule has 1 atom stereocenters. The molecule has 11 nitrogen and oxygen atoms in total.